The van der Waals surface area contributed by atoms with Crippen LogP contribution in [-0.2, 0) is 9.53 Å². The molecule has 8 heteroatoms. The molecule has 5 rings (SSSR count). The molecule has 0 aromatic heterocycles. The van der Waals surface area contributed by atoms with Crippen LogP contribution in [0.5, 0.6) is 11.5 Å². The summed E-state index contributed by atoms with van der Waals surface area (Å²) < 4.78 is 17.6. The molecule has 2 aromatic carbocycles. The Kier molecular flexibility index (Phi) is 8.84. The monoisotopic (exact) mass is 550 g/mol. The molecule has 0 spiro atoms. The summed E-state index contributed by atoms with van der Waals surface area (Å²) in [4.78, 5) is 29.2. The maximum atomic E-state index is 13.6. The van der Waals surface area contributed by atoms with Gasteiger partial charge in [-0.2, -0.15) is 0 Å². The number of piperidine rings is 1. The lowest BCUT2D eigenvalue weighted by atomic mass is 9.91. The number of carbonyl (C=O) groups excluding carboxylic acids is 1. The van der Waals surface area contributed by atoms with Gasteiger partial charge < -0.3 is 29.1 Å². The Morgan fingerprint density at radius 1 is 1.00 bits per heavy atom. The normalized spacial score (nSPS) is 22.6. The Morgan fingerprint density at radius 2 is 1.73 bits per heavy atom. The van der Waals surface area contributed by atoms with Crippen LogP contribution in [0.15, 0.2) is 42.5 Å². The maximum absolute atomic E-state index is 13.6. The molecule has 40 heavy (non-hydrogen) atoms. The molecule has 0 bridgehead atoms. The number of hydrogen-bond acceptors (Lipinski definition) is 6. The SMILES string of the molecule is COc1ccc(C(=O)N2CC(C)O[C@H](C)C2)c(N2CCC(COc3cccc(C(CC(=O)O)C4CC4)c3)CC2)c1. The summed E-state index contributed by atoms with van der Waals surface area (Å²) in [5.41, 5.74) is 2.70. The smallest absolute Gasteiger partial charge is 0.303 e. The highest BCUT2D eigenvalue weighted by molar-refractivity contribution is 6.00. The summed E-state index contributed by atoms with van der Waals surface area (Å²) in [6, 6.07) is 13.7. The molecule has 2 unspecified atom stereocenters. The summed E-state index contributed by atoms with van der Waals surface area (Å²) in [6.07, 6.45) is 4.33. The van der Waals surface area contributed by atoms with Crippen molar-refractivity contribution in [1.82, 2.24) is 4.90 Å². The molecule has 1 aliphatic carbocycles. The zero-order valence-corrected chi connectivity index (χ0v) is 23.9. The molecule has 2 aromatic rings. The number of methoxy groups -OCH3 is 1. The number of carboxylic acids is 1. The van der Waals surface area contributed by atoms with Crippen LogP contribution in [0.3, 0.4) is 0 Å². The first-order valence-corrected chi connectivity index (χ1v) is 14.6. The van der Waals surface area contributed by atoms with E-state index in [1.54, 1.807) is 7.11 Å². The van der Waals surface area contributed by atoms with Crippen LogP contribution in [0, 0.1) is 11.8 Å². The lowest BCUT2D eigenvalue weighted by molar-refractivity contribution is -0.137. The van der Waals surface area contributed by atoms with Crippen molar-refractivity contribution in [3.63, 3.8) is 0 Å². The summed E-state index contributed by atoms with van der Waals surface area (Å²) >= 11 is 0. The molecule has 2 aliphatic heterocycles. The molecule has 216 valence electrons. The van der Waals surface area contributed by atoms with Crippen LogP contribution < -0.4 is 14.4 Å². The molecule has 0 radical (unpaired) electrons. The van der Waals surface area contributed by atoms with Gasteiger partial charge in [0.05, 0.1) is 43.6 Å². The number of benzene rings is 2. The number of hydrogen-bond donors (Lipinski definition) is 1. The molecular formula is C32H42N2O6. The van der Waals surface area contributed by atoms with E-state index in [1.165, 1.54) is 0 Å². The average molecular weight is 551 g/mol. The van der Waals surface area contributed by atoms with Gasteiger partial charge in [-0.1, -0.05) is 12.1 Å². The molecule has 3 atom stereocenters. The summed E-state index contributed by atoms with van der Waals surface area (Å²) in [5.74, 6) is 1.79. The first kappa shape index (κ1) is 28.3. The van der Waals surface area contributed by atoms with Gasteiger partial charge in [0.2, 0.25) is 0 Å². The standard InChI is InChI=1S/C32H42N2O6/c1-21-18-34(19-22(2)40-21)32(37)28-10-9-26(38-3)16-30(28)33-13-11-23(12-14-33)20-39-27-6-4-5-25(15-27)29(17-31(35)36)24-7-8-24/h4-6,9-10,15-16,21-24,29H,7-8,11-14,17-20H2,1-3H3,(H,35,36)/t21-,22?,29?/m1/s1. The predicted octanol–water partition coefficient (Wildman–Crippen LogP) is 5.21. The van der Waals surface area contributed by atoms with Crippen LogP contribution in [0.2, 0.25) is 0 Å². The van der Waals surface area contributed by atoms with Gasteiger partial charge in [-0.15, -0.1) is 0 Å². The predicted molar refractivity (Wildman–Crippen MR) is 153 cm³/mol. The fourth-order valence-corrected chi connectivity index (χ4v) is 6.23. The minimum Gasteiger partial charge on any atom is -0.497 e. The first-order valence-electron chi connectivity index (χ1n) is 14.6. The highest BCUT2D eigenvalue weighted by Crippen LogP contribution is 2.45. The van der Waals surface area contributed by atoms with E-state index in [1.807, 2.05) is 61.2 Å². The summed E-state index contributed by atoms with van der Waals surface area (Å²) in [7, 11) is 1.65. The molecule has 1 saturated carbocycles. The van der Waals surface area contributed by atoms with Crippen molar-refractivity contribution >= 4 is 17.6 Å². The van der Waals surface area contributed by atoms with E-state index in [4.69, 9.17) is 14.2 Å². The fourth-order valence-electron chi connectivity index (χ4n) is 6.23. The van der Waals surface area contributed by atoms with Crippen molar-refractivity contribution in [2.45, 2.75) is 64.1 Å². The van der Waals surface area contributed by atoms with Crippen LogP contribution in [0.4, 0.5) is 5.69 Å². The summed E-state index contributed by atoms with van der Waals surface area (Å²) in [5, 5.41) is 9.36. The second-order valence-electron chi connectivity index (χ2n) is 11.7. The number of amides is 1. The van der Waals surface area contributed by atoms with Crippen molar-refractivity contribution in [2.75, 3.05) is 44.8 Å². The van der Waals surface area contributed by atoms with Crippen molar-refractivity contribution in [2.24, 2.45) is 11.8 Å². The van der Waals surface area contributed by atoms with E-state index in [9.17, 15) is 14.7 Å². The highest BCUT2D eigenvalue weighted by Gasteiger charge is 2.34. The van der Waals surface area contributed by atoms with Gasteiger partial charge in [-0.05, 0) is 87.1 Å². The van der Waals surface area contributed by atoms with Gasteiger partial charge in [0.15, 0.2) is 0 Å². The quantitative estimate of drug-likeness (QED) is 0.435. The van der Waals surface area contributed by atoms with E-state index >= 15 is 0 Å². The molecular weight excluding hydrogens is 508 g/mol. The van der Waals surface area contributed by atoms with Gasteiger partial charge in [0, 0.05) is 32.2 Å². The van der Waals surface area contributed by atoms with Crippen molar-refractivity contribution in [3.8, 4) is 11.5 Å². The molecule has 1 amide bonds. The van der Waals surface area contributed by atoms with Gasteiger partial charge in [-0.3, -0.25) is 9.59 Å². The number of carbonyl (C=O) groups is 2. The minimum absolute atomic E-state index is 0.0163. The third kappa shape index (κ3) is 6.89. The Labute approximate surface area is 237 Å². The number of rotatable bonds is 10. The lowest BCUT2D eigenvalue weighted by Gasteiger charge is -2.37. The van der Waals surface area contributed by atoms with E-state index in [2.05, 4.69) is 4.90 Å². The first-order chi connectivity index (χ1) is 19.3. The number of carboxylic acid groups (broad SMARTS) is 1. The molecule has 3 aliphatic rings. The number of anilines is 1. The van der Waals surface area contributed by atoms with E-state index < -0.39 is 5.97 Å². The zero-order chi connectivity index (χ0) is 28.2. The molecule has 8 nitrogen and oxygen atoms in total. The highest BCUT2D eigenvalue weighted by atomic mass is 16.5. The Bertz CT molecular complexity index is 1180. The van der Waals surface area contributed by atoms with Crippen molar-refractivity contribution < 1.29 is 28.9 Å². The molecule has 1 N–H and O–H groups in total. The second kappa shape index (κ2) is 12.5. The summed E-state index contributed by atoms with van der Waals surface area (Å²) in [6.45, 7) is 7.49. The maximum Gasteiger partial charge on any atom is 0.303 e. The second-order valence-corrected chi connectivity index (χ2v) is 11.7. The van der Waals surface area contributed by atoms with E-state index in [-0.39, 0.29) is 30.5 Å². The third-order valence-corrected chi connectivity index (χ3v) is 8.45. The lowest BCUT2D eigenvalue weighted by Crippen LogP contribution is -2.48. The van der Waals surface area contributed by atoms with E-state index in [0.29, 0.717) is 37.1 Å². The topological polar surface area (TPSA) is 88.5 Å². The van der Waals surface area contributed by atoms with Crippen LogP contribution in [0.1, 0.15) is 67.8 Å². The Morgan fingerprint density at radius 3 is 2.38 bits per heavy atom. The van der Waals surface area contributed by atoms with E-state index in [0.717, 1.165) is 61.5 Å². The van der Waals surface area contributed by atoms with Crippen LogP contribution in [-0.4, -0.2) is 74.0 Å². The average Bonchev–Trinajstić information content (AvgIpc) is 3.79. The van der Waals surface area contributed by atoms with Gasteiger partial charge in [0.1, 0.15) is 11.5 Å². The number of aliphatic carboxylic acids is 1. The minimum atomic E-state index is -0.745. The van der Waals surface area contributed by atoms with Crippen molar-refractivity contribution in [3.05, 3.63) is 53.6 Å². The van der Waals surface area contributed by atoms with Crippen LogP contribution >= 0.6 is 0 Å². The Balaban J connectivity index is 1.21. The largest absolute Gasteiger partial charge is 0.497 e. The van der Waals surface area contributed by atoms with Gasteiger partial charge >= 0.3 is 5.97 Å². The number of nitrogens with zero attached hydrogens (tertiary/aromatic N) is 2. The fraction of sp³-hybridized carbons (Fsp3) is 0.562. The zero-order valence-electron chi connectivity index (χ0n) is 23.9. The van der Waals surface area contributed by atoms with Crippen molar-refractivity contribution in [1.29, 1.82) is 0 Å². The van der Waals surface area contributed by atoms with Gasteiger partial charge in [-0.25, -0.2) is 0 Å². The van der Waals surface area contributed by atoms with Gasteiger partial charge in [0.25, 0.3) is 5.91 Å². The molecule has 3 fully saturated rings. The Hall–Kier alpha value is -3.26. The number of morpholine rings is 1. The number of ether oxygens (including phenoxy) is 3. The third-order valence-electron chi connectivity index (χ3n) is 8.45. The molecule has 2 saturated heterocycles. The van der Waals surface area contributed by atoms with Crippen LogP contribution in [0.25, 0.3) is 0 Å². The molecule has 2 heterocycles.